The highest BCUT2D eigenvalue weighted by molar-refractivity contribution is 5.79. The summed E-state index contributed by atoms with van der Waals surface area (Å²) in [6.45, 7) is 2.08. The summed E-state index contributed by atoms with van der Waals surface area (Å²) >= 11 is 0. The number of hydrogen-bond acceptors (Lipinski definition) is 2. The monoisotopic (exact) mass is 353 g/mol. The molecule has 0 amide bonds. The fraction of sp³-hybridized carbons (Fsp3) is 0.273. The summed E-state index contributed by atoms with van der Waals surface area (Å²) in [5.74, 6) is 1.88. The van der Waals surface area contributed by atoms with E-state index in [1.54, 1.807) is 24.3 Å². The maximum Gasteiger partial charge on any atom is 0.127 e. The molecule has 0 saturated carbocycles. The van der Waals surface area contributed by atoms with Crippen LogP contribution in [0.1, 0.15) is 24.0 Å². The van der Waals surface area contributed by atoms with E-state index < -0.39 is 5.60 Å². The largest absolute Gasteiger partial charge is 0.378 e. The number of rotatable bonds is 4. The van der Waals surface area contributed by atoms with Crippen molar-refractivity contribution in [3.8, 4) is 12.3 Å². The summed E-state index contributed by atoms with van der Waals surface area (Å²) in [4.78, 5) is 2.21. The number of halogens is 2. The summed E-state index contributed by atoms with van der Waals surface area (Å²) in [5.41, 5.74) is 1.66. The van der Waals surface area contributed by atoms with Crippen LogP contribution in [0.3, 0.4) is 0 Å². The summed E-state index contributed by atoms with van der Waals surface area (Å²) in [6, 6.07) is 12.5. The molecule has 1 heterocycles. The first-order valence-corrected chi connectivity index (χ1v) is 8.64. The van der Waals surface area contributed by atoms with E-state index >= 15 is 0 Å². The Morgan fingerprint density at radius 2 is 1.46 bits per heavy atom. The second kappa shape index (κ2) is 7.82. The fourth-order valence-corrected chi connectivity index (χ4v) is 3.13. The number of benzene rings is 2. The molecule has 1 N–H and O–H groups in total. The SMILES string of the molecule is C#CC1(O)CCN(CC=C(c2ccc(F)cc2)c2ccc(F)cc2)CC1. The lowest BCUT2D eigenvalue weighted by molar-refractivity contribution is 0.0309. The van der Waals surface area contributed by atoms with Gasteiger partial charge in [-0.2, -0.15) is 0 Å². The van der Waals surface area contributed by atoms with Crippen molar-refractivity contribution >= 4 is 5.57 Å². The van der Waals surface area contributed by atoms with Crippen LogP contribution in [0, 0.1) is 24.0 Å². The van der Waals surface area contributed by atoms with Crippen LogP contribution >= 0.6 is 0 Å². The van der Waals surface area contributed by atoms with Crippen LogP contribution in [-0.2, 0) is 0 Å². The predicted octanol–water partition coefficient (Wildman–Crippen LogP) is 3.86. The van der Waals surface area contributed by atoms with Gasteiger partial charge < -0.3 is 5.11 Å². The van der Waals surface area contributed by atoms with Gasteiger partial charge in [-0.25, -0.2) is 8.78 Å². The highest BCUT2D eigenvalue weighted by Gasteiger charge is 2.29. The Balaban J connectivity index is 1.82. The third-order valence-electron chi connectivity index (χ3n) is 4.82. The number of likely N-dealkylation sites (tertiary alicyclic amines) is 1. The van der Waals surface area contributed by atoms with Gasteiger partial charge in [-0.3, -0.25) is 4.90 Å². The molecule has 0 bridgehead atoms. The van der Waals surface area contributed by atoms with Gasteiger partial charge in [-0.15, -0.1) is 6.42 Å². The summed E-state index contributed by atoms with van der Waals surface area (Å²) in [7, 11) is 0. The molecule has 0 aliphatic carbocycles. The molecule has 0 unspecified atom stereocenters. The predicted molar refractivity (Wildman–Crippen MR) is 99.3 cm³/mol. The molecule has 1 aliphatic rings. The molecule has 0 atom stereocenters. The first kappa shape index (κ1) is 18.3. The molecule has 2 nitrogen and oxygen atoms in total. The minimum atomic E-state index is -1.00. The third-order valence-corrected chi connectivity index (χ3v) is 4.82. The second-order valence-electron chi connectivity index (χ2n) is 6.61. The van der Waals surface area contributed by atoms with Crippen LogP contribution in [0.2, 0.25) is 0 Å². The lowest BCUT2D eigenvalue weighted by atomic mass is 9.92. The fourth-order valence-electron chi connectivity index (χ4n) is 3.13. The van der Waals surface area contributed by atoms with E-state index in [1.165, 1.54) is 24.3 Å². The minimum absolute atomic E-state index is 0.295. The van der Waals surface area contributed by atoms with E-state index in [2.05, 4.69) is 16.9 Å². The number of terminal acetylenes is 1. The second-order valence-corrected chi connectivity index (χ2v) is 6.61. The van der Waals surface area contributed by atoms with Crippen LogP contribution in [0.4, 0.5) is 8.78 Å². The van der Waals surface area contributed by atoms with Gasteiger partial charge in [0.15, 0.2) is 0 Å². The zero-order chi connectivity index (χ0) is 18.6. The number of aliphatic hydroxyl groups is 1. The summed E-state index contributed by atoms with van der Waals surface area (Å²) < 4.78 is 26.5. The Bertz CT molecular complexity index is 763. The molecule has 1 aliphatic heterocycles. The van der Waals surface area contributed by atoms with E-state index in [1.807, 2.05) is 0 Å². The van der Waals surface area contributed by atoms with Gasteiger partial charge in [0.05, 0.1) is 0 Å². The van der Waals surface area contributed by atoms with Crippen molar-refractivity contribution in [1.82, 2.24) is 4.90 Å². The molecule has 0 aromatic heterocycles. The Kier molecular flexibility index (Phi) is 5.51. The Morgan fingerprint density at radius 3 is 1.88 bits per heavy atom. The Labute approximate surface area is 152 Å². The van der Waals surface area contributed by atoms with E-state index in [0.717, 1.165) is 16.7 Å². The molecule has 26 heavy (non-hydrogen) atoms. The maximum absolute atomic E-state index is 13.3. The van der Waals surface area contributed by atoms with Gasteiger partial charge in [0.25, 0.3) is 0 Å². The van der Waals surface area contributed by atoms with Crippen LogP contribution in [0.25, 0.3) is 5.57 Å². The van der Waals surface area contributed by atoms with Gasteiger partial charge in [0.2, 0.25) is 0 Å². The zero-order valence-corrected chi connectivity index (χ0v) is 14.5. The van der Waals surface area contributed by atoms with Crippen molar-refractivity contribution in [2.75, 3.05) is 19.6 Å². The van der Waals surface area contributed by atoms with Crippen molar-refractivity contribution in [3.05, 3.63) is 77.4 Å². The van der Waals surface area contributed by atoms with Crippen LogP contribution < -0.4 is 0 Å². The van der Waals surface area contributed by atoms with E-state index in [9.17, 15) is 13.9 Å². The molecule has 1 fully saturated rings. The third kappa shape index (κ3) is 4.37. The summed E-state index contributed by atoms with van der Waals surface area (Å²) in [5, 5.41) is 10.1. The van der Waals surface area contributed by atoms with Gasteiger partial charge in [-0.05, 0) is 41.0 Å². The van der Waals surface area contributed by atoms with E-state index in [-0.39, 0.29) is 11.6 Å². The first-order chi connectivity index (χ1) is 12.5. The van der Waals surface area contributed by atoms with E-state index in [4.69, 9.17) is 6.42 Å². The van der Waals surface area contributed by atoms with Crippen molar-refractivity contribution < 1.29 is 13.9 Å². The first-order valence-electron chi connectivity index (χ1n) is 8.64. The Hall–Kier alpha value is -2.48. The molecule has 4 heteroatoms. The standard InChI is InChI=1S/C22H21F2NO/c1-2-22(26)12-15-25(16-13-22)14-11-21(17-3-7-19(23)8-4-17)18-5-9-20(24)10-6-18/h1,3-11,26H,12-16H2. The smallest absolute Gasteiger partial charge is 0.127 e. The van der Waals surface area contributed by atoms with Crippen molar-refractivity contribution in [2.45, 2.75) is 18.4 Å². The molecule has 2 aromatic rings. The van der Waals surface area contributed by atoms with Crippen LogP contribution in [-0.4, -0.2) is 35.2 Å². The van der Waals surface area contributed by atoms with Gasteiger partial charge >= 0.3 is 0 Å². The molecular weight excluding hydrogens is 332 g/mol. The molecular formula is C22H21F2NO. The van der Waals surface area contributed by atoms with Crippen LogP contribution in [0.15, 0.2) is 54.6 Å². The normalized spacial score (nSPS) is 16.7. The molecule has 0 radical (unpaired) electrons. The maximum atomic E-state index is 13.3. The lowest BCUT2D eigenvalue weighted by Gasteiger charge is -2.34. The topological polar surface area (TPSA) is 23.5 Å². The average Bonchev–Trinajstić information content (AvgIpc) is 2.66. The molecule has 3 rings (SSSR count). The highest BCUT2D eigenvalue weighted by Crippen LogP contribution is 2.25. The number of piperidine rings is 1. The lowest BCUT2D eigenvalue weighted by Crippen LogP contribution is -2.43. The molecule has 134 valence electrons. The quantitative estimate of drug-likeness (QED) is 0.844. The Morgan fingerprint density at radius 1 is 1.00 bits per heavy atom. The van der Waals surface area contributed by atoms with E-state index in [0.29, 0.717) is 32.5 Å². The van der Waals surface area contributed by atoms with Crippen molar-refractivity contribution in [1.29, 1.82) is 0 Å². The molecule has 2 aromatic carbocycles. The molecule has 0 spiro atoms. The molecule has 1 saturated heterocycles. The highest BCUT2D eigenvalue weighted by atomic mass is 19.1. The van der Waals surface area contributed by atoms with Crippen molar-refractivity contribution in [2.24, 2.45) is 0 Å². The average molecular weight is 353 g/mol. The minimum Gasteiger partial charge on any atom is -0.378 e. The number of nitrogens with zero attached hydrogens (tertiary/aromatic N) is 1. The zero-order valence-electron chi connectivity index (χ0n) is 14.5. The van der Waals surface area contributed by atoms with Crippen molar-refractivity contribution in [3.63, 3.8) is 0 Å². The number of hydrogen-bond donors (Lipinski definition) is 1. The summed E-state index contributed by atoms with van der Waals surface area (Å²) in [6.07, 6.45) is 8.53. The van der Waals surface area contributed by atoms with Gasteiger partial charge in [-0.1, -0.05) is 36.3 Å². The van der Waals surface area contributed by atoms with Gasteiger partial charge in [0, 0.05) is 32.5 Å². The van der Waals surface area contributed by atoms with Gasteiger partial charge in [0.1, 0.15) is 17.2 Å². The van der Waals surface area contributed by atoms with Crippen LogP contribution in [0.5, 0.6) is 0 Å².